The number of halogens is 4. The van der Waals surface area contributed by atoms with Crippen LogP contribution >= 0.6 is 45.9 Å². The fourth-order valence-corrected chi connectivity index (χ4v) is 19.8. The van der Waals surface area contributed by atoms with Gasteiger partial charge in [-0.2, -0.15) is 0 Å². The van der Waals surface area contributed by atoms with Gasteiger partial charge in [0.25, 0.3) is 0 Å². The number of pyridine rings is 2. The zero-order valence-electron chi connectivity index (χ0n) is 76.0. The molecule has 2 aliphatic carbocycles. The van der Waals surface area contributed by atoms with Gasteiger partial charge in [0.15, 0.2) is 0 Å². The SMILES string of the molecule is C[C@@H](C(=O)O)C1CCC(c2ccnc3ccc(F)cc23)CC1.Cc1ncsc1-c1ccc(CNC(=O)[C@@H]2C[C@@H](O)CN2C(=O)[C@@H](NCCOCCOc2cc(N)ccc2Cl)C(C)(C)C)cc1.Cc1ncsc1-c1ccc(CNC(=O)[C@@H]2C[C@@H](O)CN2C(=O)[C@@H](NCCOCCOc2cc(NC(=O)[C@H](C)C3CCC(c4ccnc5ccc(F)cc45)CC3)ccc2Cl)C(C)(C)C)cc1. The number of aliphatic carboxylic acids is 1. The minimum atomic E-state index is -0.805. The van der Waals surface area contributed by atoms with E-state index < -0.39 is 53.2 Å². The molecule has 700 valence electrons. The summed E-state index contributed by atoms with van der Waals surface area (Å²) in [5.41, 5.74) is 19.5. The molecular formula is C100H122Cl2F2N12O13S2. The maximum atomic E-state index is 14.1. The number of likely N-dealkylation sites (tertiary alicyclic amines) is 2. The third-order valence-corrected chi connectivity index (χ3v) is 27.8. The molecule has 31 heteroatoms. The van der Waals surface area contributed by atoms with Crippen LogP contribution in [0.25, 0.3) is 42.7 Å². The van der Waals surface area contributed by atoms with Gasteiger partial charge in [-0.3, -0.25) is 38.7 Å². The second-order valence-corrected chi connectivity index (χ2v) is 39.2. The molecule has 4 fully saturated rings. The van der Waals surface area contributed by atoms with E-state index in [2.05, 4.69) is 46.5 Å². The number of hydrogen-bond donors (Lipinski definition) is 9. The highest BCUT2D eigenvalue weighted by molar-refractivity contribution is 7.13. The van der Waals surface area contributed by atoms with E-state index in [1.807, 2.05) is 134 Å². The highest BCUT2D eigenvalue weighted by Gasteiger charge is 2.46. The molecule has 4 aliphatic rings. The third-order valence-electron chi connectivity index (χ3n) is 25.2. The number of thiazole rings is 2. The van der Waals surface area contributed by atoms with E-state index in [9.17, 15) is 47.8 Å². The fourth-order valence-electron chi connectivity index (χ4n) is 17.8. The molecule has 0 spiro atoms. The molecule has 25 nitrogen and oxygen atoms in total. The highest BCUT2D eigenvalue weighted by Crippen LogP contribution is 2.44. The monoisotopic (exact) mass is 1870 g/mol. The van der Waals surface area contributed by atoms with Crippen molar-refractivity contribution in [3.8, 4) is 32.4 Å². The molecule has 2 saturated heterocycles. The van der Waals surface area contributed by atoms with Crippen molar-refractivity contribution in [2.75, 3.05) is 76.9 Å². The minimum absolute atomic E-state index is 0.0685. The summed E-state index contributed by atoms with van der Waals surface area (Å²) < 4.78 is 50.8. The molecular weight excluding hydrogens is 1750 g/mol. The number of aryl methyl sites for hydroxylation is 2. The number of benzene rings is 6. The number of carboxylic acids is 1. The first-order valence-electron chi connectivity index (χ1n) is 45.0. The summed E-state index contributed by atoms with van der Waals surface area (Å²) >= 11 is 15.8. The predicted octanol–water partition coefficient (Wildman–Crippen LogP) is 17.1. The van der Waals surface area contributed by atoms with E-state index >= 15 is 0 Å². The lowest BCUT2D eigenvalue weighted by Crippen LogP contribution is -2.57. The predicted molar refractivity (Wildman–Crippen MR) is 510 cm³/mol. The van der Waals surface area contributed by atoms with E-state index in [0.717, 1.165) is 128 Å². The lowest BCUT2D eigenvalue weighted by atomic mass is 9.73. The van der Waals surface area contributed by atoms with E-state index in [4.69, 9.17) is 53.0 Å². The molecule has 6 aromatic carbocycles. The second-order valence-electron chi connectivity index (χ2n) is 36.7. The lowest BCUT2D eigenvalue weighted by Gasteiger charge is -2.35. The summed E-state index contributed by atoms with van der Waals surface area (Å²) in [6, 6.07) is 36.8. The number of β-amino-alcohol motifs (C(OH)–C–C–N with tert-alkyl or cyclic N) is 2. The summed E-state index contributed by atoms with van der Waals surface area (Å²) in [4.78, 5) is 102. The number of carboxylic acid groups (broad SMARTS) is 1. The van der Waals surface area contributed by atoms with Crippen molar-refractivity contribution in [3.05, 3.63) is 212 Å². The average Bonchev–Trinajstić information content (AvgIpc) is 1.78. The molecule has 14 rings (SSSR count). The molecule has 4 aromatic heterocycles. The number of aliphatic hydroxyl groups excluding tert-OH is 2. The Morgan fingerprint density at radius 3 is 1.36 bits per heavy atom. The van der Waals surface area contributed by atoms with Crippen LogP contribution in [0, 0.1) is 60.0 Å². The topological polar surface area (TPSA) is 344 Å². The van der Waals surface area contributed by atoms with Gasteiger partial charge in [0.1, 0.15) is 48.4 Å². The van der Waals surface area contributed by atoms with Gasteiger partial charge in [0.05, 0.1) is 110 Å². The number of ether oxygens (including phenoxy) is 4. The number of aliphatic hydroxyl groups is 2. The number of rotatable bonds is 33. The Bertz CT molecular complexity index is 5530. The molecule has 10 aromatic rings. The van der Waals surface area contributed by atoms with Gasteiger partial charge in [-0.1, -0.05) is 127 Å². The molecule has 0 radical (unpaired) electrons. The van der Waals surface area contributed by atoms with Crippen LogP contribution in [0.2, 0.25) is 10.0 Å². The van der Waals surface area contributed by atoms with Crippen LogP contribution in [-0.2, 0) is 51.3 Å². The molecule has 6 heterocycles. The van der Waals surface area contributed by atoms with E-state index in [1.54, 1.807) is 103 Å². The van der Waals surface area contributed by atoms with Gasteiger partial charge < -0.3 is 76.4 Å². The number of aromatic nitrogens is 4. The number of nitrogens with two attached hydrogens (primary N) is 1. The number of carbonyl (C=O) groups excluding carboxylic acids is 5. The van der Waals surface area contributed by atoms with Crippen LogP contribution in [-0.4, -0.2) is 183 Å². The highest BCUT2D eigenvalue weighted by atomic mass is 35.5. The van der Waals surface area contributed by atoms with Crippen LogP contribution in [0.5, 0.6) is 11.5 Å². The zero-order valence-corrected chi connectivity index (χ0v) is 79.2. The summed E-state index contributed by atoms with van der Waals surface area (Å²) in [5.74, 6) is -0.793. The number of fused-ring (bicyclic) bond motifs is 2. The average molecular weight is 1870 g/mol. The van der Waals surface area contributed by atoms with Gasteiger partial charge in [-0.05, 0) is 206 Å². The first-order chi connectivity index (χ1) is 62.6. The maximum absolute atomic E-state index is 14.1. The van der Waals surface area contributed by atoms with Crippen molar-refractivity contribution in [2.45, 2.75) is 195 Å². The Balaban J connectivity index is 0.000000201. The van der Waals surface area contributed by atoms with Gasteiger partial charge in [0.2, 0.25) is 29.5 Å². The number of nitrogens with zero attached hydrogens (tertiary/aromatic N) is 6. The lowest BCUT2D eigenvalue weighted by molar-refractivity contribution is -0.143. The zero-order chi connectivity index (χ0) is 93.8. The van der Waals surface area contributed by atoms with Crippen molar-refractivity contribution in [1.82, 2.24) is 51.0 Å². The smallest absolute Gasteiger partial charge is 0.306 e. The molecule has 2 aliphatic heterocycles. The summed E-state index contributed by atoms with van der Waals surface area (Å²) in [7, 11) is 0. The molecule has 0 unspecified atom stereocenters. The Morgan fingerprint density at radius 2 is 0.947 bits per heavy atom. The molecule has 8 atom stereocenters. The quantitative estimate of drug-likeness (QED) is 0.0136. The third kappa shape index (κ3) is 27.1. The van der Waals surface area contributed by atoms with Crippen molar-refractivity contribution in [3.63, 3.8) is 0 Å². The number of amides is 5. The van der Waals surface area contributed by atoms with Gasteiger partial charge >= 0.3 is 5.97 Å². The van der Waals surface area contributed by atoms with Crippen molar-refractivity contribution < 1.29 is 71.8 Å². The summed E-state index contributed by atoms with van der Waals surface area (Å²) in [6.45, 7) is 22.8. The van der Waals surface area contributed by atoms with Crippen LogP contribution < -0.4 is 41.8 Å². The summed E-state index contributed by atoms with van der Waals surface area (Å²) in [6.07, 6.45) is 9.71. The van der Waals surface area contributed by atoms with Gasteiger partial charge in [-0.25, -0.2) is 18.7 Å². The van der Waals surface area contributed by atoms with Crippen molar-refractivity contribution >= 4 is 115 Å². The Morgan fingerprint density at radius 1 is 0.527 bits per heavy atom. The van der Waals surface area contributed by atoms with Crippen LogP contribution in [0.15, 0.2) is 157 Å². The van der Waals surface area contributed by atoms with Crippen molar-refractivity contribution in [2.24, 2.45) is 34.5 Å². The Hall–Kier alpha value is -10.2. The van der Waals surface area contributed by atoms with Crippen molar-refractivity contribution in [1.29, 1.82) is 0 Å². The van der Waals surface area contributed by atoms with Crippen LogP contribution in [0.1, 0.15) is 165 Å². The number of anilines is 2. The van der Waals surface area contributed by atoms with E-state index in [0.29, 0.717) is 97.4 Å². The standard InChI is InChI=1S/C50H60ClFN6O6S.C32H42ClN5O5S.C18H20FNO2/c1-30(33-10-12-34(13-11-33)39-18-19-53-42-17-14-36(52)24-40(39)42)47(60)57-37-15-16-41(51)44(25-37)64-23-22-63-21-20-54-46(50(3,4)5)49(62)58-28-38(59)26-43(58)48(61)55-27-32-6-8-35(9-7-32)45-31(2)56-29-65-45;1-20-28(44-19-37-20)22-7-5-21(6-8-22)17-36-30(40)26-16-24(39)18-38(26)31(41)29(32(2,3)4)35-11-12-42-13-14-43-27-15-23(34)9-10-25(27)33;1-11(18(21)22)12-2-4-13(5-3-12)15-8-9-20-17-7-6-14(19)10-16(15)17/h6-9,14-19,24-25,29-30,33-34,38,43,46,54,59H,10-13,20-23,26-28H2,1-5H3,(H,55,61)(H,57,60);5-10,15,19,24,26,29,35,39H,11-14,16-18,34H2,1-4H3,(H,36,40);6-13H,2-5H2,1H3,(H,21,22)/t30-,33?,34?,38-,43+,46-;24-,26+,29-;11-,12?,13?/m111/s1. The summed E-state index contributed by atoms with van der Waals surface area (Å²) in [5, 5.41) is 48.4. The second kappa shape index (κ2) is 46.5. The van der Waals surface area contributed by atoms with E-state index in [-0.39, 0.29) is 104 Å². The molecule has 0 bridgehead atoms. The van der Waals surface area contributed by atoms with Crippen LogP contribution in [0.3, 0.4) is 0 Å². The number of hydrogen-bond acceptors (Lipinski definition) is 21. The molecule has 131 heavy (non-hydrogen) atoms. The number of nitrogens with one attached hydrogen (secondary N) is 5. The fraction of sp³-hybridized carbons (Fsp3) is 0.460. The van der Waals surface area contributed by atoms with Gasteiger partial charge in [0, 0.05) is 105 Å². The van der Waals surface area contributed by atoms with Gasteiger partial charge in [-0.15, -0.1) is 22.7 Å². The first kappa shape index (κ1) is 99.8. The molecule has 2 saturated carbocycles. The first-order valence-corrected chi connectivity index (χ1v) is 47.5. The molecule has 10 N–H and O–H groups in total. The normalized spacial score (nSPS) is 19.6. The van der Waals surface area contributed by atoms with E-state index in [1.165, 1.54) is 21.9 Å². The van der Waals surface area contributed by atoms with Crippen LogP contribution in [0.4, 0.5) is 20.2 Å². The Kier molecular flexibility index (Phi) is 35.4. The largest absolute Gasteiger partial charge is 0.490 e. The number of carbonyl (C=O) groups is 6. The molecule has 5 amide bonds. The number of nitrogen functional groups attached to an aromatic ring is 1. The minimum Gasteiger partial charge on any atom is -0.490 e. The maximum Gasteiger partial charge on any atom is 0.306 e. The Labute approximate surface area is 783 Å².